The van der Waals surface area contributed by atoms with E-state index in [9.17, 15) is 4.79 Å². The molecule has 0 atom stereocenters. The van der Waals surface area contributed by atoms with Crippen LogP contribution in [-0.2, 0) is 0 Å². The lowest BCUT2D eigenvalue weighted by atomic mass is 10.2. The van der Waals surface area contributed by atoms with Crippen LogP contribution in [0.25, 0.3) is 5.69 Å². The molecule has 0 unspecified atom stereocenters. The summed E-state index contributed by atoms with van der Waals surface area (Å²) < 4.78 is 2.56. The summed E-state index contributed by atoms with van der Waals surface area (Å²) in [6.07, 6.45) is 0.862. The van der Waals surface area contributed by atoms with Crippen molar-refractivity contribution in [2.75, 3.05) is 12.3 Å². The Morgan fingerprint density at radius 3 is 2.88 bits per heavy atom. The second kappa shape index (κ2) is 8.17. The van der Waals surface area contributed by atoms with Crippen molar-refractivity contribution in [2.24, 2.45) is 0 Å². The van der Waals surface area contributed by atoms with Crippen LogP contribution in [-0.4, -0.2) is 48.6 Å². The average molecular weight is 375 g/mol. The van der Waals surface area contributed by atoms with Gasteiger partial charge in [-0.2, -0.15) is 4.68 Å². The zero-order chi connectivity index (χ0) is 17.6. The van der Waals surface area contributed by atoms with E-state index in [1.54, 1.807) is 39.9 Å². The molecule has 0 radical (unpaired) electrons. The van der Waals surface area contributed by atoms with Crippen LogP contribution < -0.4 is 5.32 Å². The summed E-state index contributed by atoms with van der Waals surface area (Å²) in [5.74, 6) is 1.45. The maximum absolute atomic E-state index is 12.3. The minimum absolute atomic E-state index is 0.107. The van der Waals surface area contributed by atoms with Crippen LogP contribution in [0.15, 0.2) is 28.6 Å². The van der Waals surface area contributed by atoms with Crippen LogP contribution in [0.3, 0.4) is 0 Å². The summed E-state index contributed by atoms with van der Waals surface area (Å²) in [7, 11) is 0. The van der Waals surface area contributed by atoms with E-state index in [1.165, 1.54) is 0 Å². The first-order chi connectivity index (χ1) is 12.1. The van der Waals surface area contributed by atoms with Crippen molar-refractivity contribution in [3.63, 3.8) is 0 Å². The molecule has 1 amide bonds. The lowest BCUT2D eigenvalue weighted by Crippen LogP contribution is -2.24. The minimum Gasteiger partial charge on any atom is -0.352 e. The molecule has 8 nitrogen and oxygen atoms in total. The Hall–Kier alpha value is -2.33. The highest BCUT2D eigenvalue weighted by Gasteiger charge is 2.09. The Bertz CT molecular complexity index is 861. The molecule has 2 heterocycles. The minimum atomic E-state index is -0.107. The molecule has 0 saturated carbocycles. The lowest BCUT2D eigenvalue weighted by molar-refractivity contribution is 0.0953. The van der Waals surface area contributed by atoms with Gasteiger partial charge in [-0.1, -0.05) is 29.2 Å². The number of carbonyl (C=O) groups excluding carboxylic acids is 1. The van der Waals surface area contributed by atoms with Crippen LogP contribution in [0.5, 0.6) is 0 Å². The zero-order valence-electron chi connectivity index (χ0n) is 13.8. The monoisotopic (exact) mass is 375 g/mol. The number of aromatic nitrogens is 6. The Labute approximate surface area is 153 Å². The van der Waals surface area contributed by atoms with Gasteiger partial charge in [0.25, 0.3) is 5.91 Å². The van der Waals surface area contributed by atoms with E-state index in [-0.39, 0.29) is 5.91 Å². The average Bonchev–Trinajstić information content (AvgIpc) is 3.22. The van der Waals surface area contributed by atoms with Gasteiger partial charge in [-0.05, 0) is 48.9 Å². The molecular formula is C15H17N7OS2. The van der Waals surface area contributed by atoms with E-state index in [4.69, 9.17) is 0 Å². The van der Waals surface area contributed by atoms with Gasteiger partial charge in [0, 0.05) is 17.9 Å². The Morgan fingerprint density at radius 1 is 1.28 bits per heavy atom. The predicted molar refractivity (Wildman–Crippen MR) is 96.2 cm³/mol. The van der Waals surface area contributed by atoms with Gasteiger partial charge in [-0.25, -0.2) is 0 Å². The standard InChI is InChI=1S/C15H17N7OS2/c1-10-17-20-21-22(10)13-6-3-5-12(9-13)14(23)16-7-4-8-24-15-19-18-11(2)25-15/h3,5-6,9H,4,7-8H2,1-2H3,(H,16,23). The number of rotatable bonds is 7. The molecule has 0 saturated heterocycles. The van der Waals surface area contributed by atoms with E-state index in [0.29, 0.717) is 17.9 Å². The number of thioether (sulfide) groups is 1. The summed E-state index contributed by atoms with van der Waals surface area (Å²) in [5.41, 5.74) is 1.34. The first kappa shape index (κ1) is 17.5. The largest absolute Gasteiger partial charge is 0.352 e. The number of carbonyl (C=O) groups is 1. The fourth-order valence-electron chi connectivity index (χ4n) is 2.12. The topological polar surface area (TPSA) is 98.5 Å². The van der Waals surface area contributed by atoms with Crippen LogP contribution in [0.1, 0.15) is 27.6 Å². The molecule has 0 aliphatic rings. The number of hydrogen-bond acceptors (Lipinski definition) is 8. The summed E-state index contributed by atoms with van der Waals surface area (Å²) in [6, 6.07) is 7.23. The van der Waals surface area contributed by atoms with Crippen LogP contribution in [0.4, 0.5) is 0 Å². The van der Waals surface area contributed by atoms with E-state index in [2.05, 4.69) is 31.0 Å². The first-order valence-corrected chi connectivity index (χ1v) is 9.50. The Kier molecular flexibility index (Phi) is 5.71. The molecule has 0 spiro atoms. The molecule has 0 aliphatic heterocycles. The molecule has 3 rings (SSSR count). The van der Waals surface area contributed by atoms with Gasteiger partial charge < -0.3 is 5.32 Å². The highest BCUT2D eigenvalue weighted by Crippen LogP contribution is 2.22. The van der Waals surface area contributed by atoms with Gasteiger partial charge in [0.05, 0.1) is 5.69 Å². The molecule has 130 valence electrons. The second-order valence-corrected chi connectivity index (χ2v) is 7.76. The molecule has 3 aromatic rings. The number of tetrazole rings is 1. The van der Waals surface area contributed by atoms with Gasteiger partial charge in [-0.3, -0.25) is 4.79 Å². The molecule has 1 aromatic carbocycles. The quantitative estimate of drug-likeness (QED) is 0.498. The van der Waals surface area contributed by atoms with E-state index in [0.717, 1.165) is 27.2 Å². The van der Waals surface area contributed by atoms with Gasteiger partial charge in [0.2, 0.25) is 0 Å². The number of aryl methyl sites for hydroxylation is 2. The van der Waals surface area contributed by atoms with E-state index < -0.39 is 0 Å². The van der Waals surface area contributed by atoms with Crippen molar-refractivity contribution in [2.45, 2.75) is 24.6 Å². The lowest BCUT2D eigenvalue weighted by Gasteiger charge is -2.07. The molecule has 0 fully saturated rings. The van der Waals surface area contributed by atoms with Crippen molar-refractivity contribution in [1.29, 1.82) is 0 Å². The van der Waals surface area contributed by atoms with E-state index in [1.807, 2.05) is 26.0 Å². The predicted octanol–water partition coefficient (Wildman–Crippen LogP) is 2.04. The molecular weight excluding hydrogens is 358 g/mol. The summed E-state index contributed by atoms with van der Waals surface area (Å²) in [4.78, 5) is 12.3. The van der Waals surface area contributed by atoms with Crippen molar-refractivity contribution in [1.82, 2.24) is 35.7 Å². The number of benzene rings is 1. The summed E-state index contributed by atoms with van der Waals surface area (Å²) in [6.45, 7) is 4.36. The van der Waals surface area contributed by atoms with E-state index >= 15 is 0 Å². The van der Waals surface area contributed by atoms with Crippen LogP contribution in [0.2, 0.25) is 0 Å². The van der Waals surface area contributed by atoms with Crippen molar-refractivity contribution in [3.8, 4) is 5.69 Å². The molecule has 0 bridgehead atoms. The first-order valence-electron chi connectivity index (χ1n) is 7.70. The SMILES string of the molecule is Cc1nnc(SCCCNC(=O)c2cccc(-n3nnnc3C)c2)s1. The number of nitrogens with one attached hydrogen (secondary N) is 1. The maximum Gasteiger partial charge on any atom is 0.251 e. The smallest absolute Gasteiger partial charge is 0.251 e. The van der Waals surface area contributed by atoms with Gasteiger partial charge in [0.1, 0.15) is 5.01 Å². The van der Waals surface area contributed by atoms with Crippen LogP contribution >= 0.6 is 23.1 Å². The fraction of sp³-hybridized carbons (Fsp3) is 0.333. The van der Waals surface area contributed by atoms with Crippen LogP contribution in [0, 0.1) is 13.8 Å². The summed E-state index contributed by atoms with van der Waals surface area (Å²) >= 11 is 3.24. The van der Waals surface area contributed by atoms with Crippen molar-refractivity contribution >= 4 is 29.0 Å². The summed E-state index contributed by atoms with van der Waals surface area (Å²) in [5, 5.41) is 23.3. The van der Waals surface area contributed by atoms with Gasteiger partial charge in [-0.15, -0.1) is 15.3 Å². The fourth-order valence-corrected chi connectivity index (χ4v) is 3.95. The highest BCUT2D eigenvalue weighted by atomic mass is 32.2. The van der Waals surface area contributed by atoms with Gasteiger partial charge in [0.15, 0.2) is 10.2 Å². The molecule has 0 aliphatic carbocycles. The second-order valence-electron chi connectivity index (χ2n) is 5.23. The zero-order valence-corrected chi connectivity index (χ0v) is 15.5. The van der Waals surface area contributed by atoms with Gasteiger partial charge >= 0.3 is 0 Å². The normalized spacial score (nSPS) is 10.8. The third-order valence-corrected chi connectivity index (χ3v) is 5.38. The maximum atomic E-state index is 12.3. The molecule has 25 heavy (non-hydrogen) atoms. The Morgan fingerprint density at radius 2 is 2.16 bits per heavy atom. The van der Waals surface area contributed by atoms with Crippen molar-refractivity contribution in [3.05, 3.63) is 40.7 Å². The number of amides is 1. The third-order valence-electron chi connectivity index (χ3n) is 3.32. The highest BCUT2D eigenvalue weighted by molar-refractivity contribution is 8.01. The van der Waals surface area contributed by atoms with Crippen molar-refractivity contribution < 1.29 is 4.79 Å². The number of nitrogens with zero attached hydrogens (tertiary/aromatic N) is 6. The third kappa shape index (κ3) is 4.60. The Balaban J connectivity index is 1.49. The molecule has 1 N–H and O–H groups in total. The number of hydrogen-bond donors (Lipinski definition) is 1. The molecule has 2 aromatic heterocycles. The molecule has 10 heteroatoms.